The molecule has 26 heavy (non-hydrogen) atoms. The minimum Gasteiger partial charge on any atom is -0.463 e. The maximum Gasteiger partial charge on any atom is 0.336 e. The summed E-state index contributed by atoms with van der Waals surface area (Å²) in [6.45, 7) is 5.44. The highest BCUT2D eigenvalue weighted by Gasteiger charge is 2.13. The fraction of sp³-hybridized carbons (Fsp3) is 0.316. The summed E-state index contributed by atoms with van der Waals surface area (Å²) in [6, 6.07) is 11.5. The fourth-order valence-corrected chi connectivity index (χ4v) is 2.51. The molecule has 0 spiro atoms. The Bertz CT molecular complexity index is 879. The van der Waals surface area contributed by atoms with E-state index in [-0.39, 0.29) is 5.56 Å². The van der Waals surface area contributed by atoms with Crippen molar-refractivity contribution in [3.63, 3.8) is 0 Å². The van der Waals surface area contributed by atoms with Gasteiger partial charge in [-0.25, -0.2) is 4.68 Å². The van der Waals surface area contributed by atoms with Gasteiger partial charge in [-0.05, 0) is 30.5 Å². The lowest BCUT2D eigenvalue weighted by molar-refractivity contribution is 0.0694. The smallest absolute Gasteiger partial charge is 0.336 e. The van der Waals surface area contributed by atoms with E-state index in [1.165, 1.54) is 6.07 Å². The molecule has 0 radical (unpaired) electrons. The molecular weight excluding hydrogens is 332 g/mol. The summed E-state index contributed by atoms with van der Waals surface area (Å²) in [5, 5.41) is 4.36. The number of ether oxygens (including phenoxy) is 2. The van der Waals surface area contributed by atoms with Gasteiger partial charge in [0.2, 0.25) is 5.56 Å². The second-order valence-electron chi connectivity index (χ2n) is 5.71. The highest BCUT2D eigenvalue weighted by Crippen LogP contribution is 2.24. The van der Waals surface area contributed by atoms with Gasteiger partial charge in [0.15, 0.2) is 5.82 Å². The van der Waals surface area contributed by atoms with Gasteiger partial charge in [0, 0.05) is 24.4 Å². The van der Waals surface area contributed by atoms with Crippen molar-refractivity contribution >= 4 is 0 Å². The van der Waals surface area contributed by atoms with Crippen LogP contribution in [-0.2, 0) is 11.5 Å². The van der Waals surface area contributed by atoms with Gasteiger partial charge in [-0.2, -0.15) is 4.98 Å². The summed E-state index contributed by atoms with van der Waals surface area (Å²) >= 11 is 0. The molecule has 0 saturated carbocycles. The number of hydrogen-bond acceptors (Lipinski definition) is 5. The molecule has 136 valence electrons. The van der Waals surface area contributed by atoms with Gasteiger partial charge in [-0.1, -0.05) is 31.2 Å². The van der Waals surface area contributed by atoms with Crippen molar-refractivity contribution in [1.82, 2.24) is 19.7 Å². The van der Waals surface area contributed by atoms with Crippen LogP contribution in [0.1, 0.15) is 20.3 Å². The second kappa shape index (κ2) is 8.44. The largest absolute Gasteiger partial charge is 0.463 e. The molecule has 1 aromatic carbocycles. The Labute approximate surface area is 151 Å². The topological polar surface area (TPSA) is 82.0 Å². The first-order chi connectivity index (χ1) is 12.7. The van der Waals surface area contributed by atoms with Crippen LogP contribution in [0, 0.1) is 0 Å². The Morgan fingerprint density at radius 2 is 1.77 bits per heavy atom. The highest BCUT2D eigenvalue weighted by molar-refractivity contribution is 5.67. The number of hydrogen-bond donors (Lipinski definition) is 1. The molecule has 0 unspecified atom stereocenters. The van der Waals surface area contributed by atoms with Crippen molar-refractivity contribution in [3.8, 4) is 28.5 Å². The molecule has 0 amide bonds. The predicted molar refractivity (Wildman–Crippen MR) is 98.9 cm³/mol. The molecule has 1 N–H and O–H groups in total. The summed E-state index contributed by atoms with van der Waals surface area (Å²) in [5.41, 5.74) is 2.74. The molecule has 0 fully saturated rings. The van der Waals surface area contributed by atoms with E-state index >= 15 is 0 Å². The van der Waals surface area contributed by atoms with Crippen molar-refractivity contribution in [2.75, 3.05) is 13.2 Å². The zero-order chi connectivity index (χ0) is 18.4. The Balaban J connectivity index is 1.87. The number of aromatic amines is 1. The molecule has 0 saturated heterocycles. The minimum absolute atomic E-state index is 0.117. The van der Waals surface area contributed by atoms with E-state index < -0.39 is 0 Å². The molecule has 0 atom stereocenters. The predicted octanol–water partition coefficient (Wildman–Crippen LogP) is 3.08. The van der Waals surface area contributed by atoms with E-state index in [4.69, 9.17) is 9.47 Å². The van der Waals surface area contributed by atoms with Gasteiger partial charge in [0.05, 0.1) is 6.61 Å². The zero-order valence-corrected chi connectivity index (χ0v) is 14.9. The van der Waals surface area contributed by atoms with Crippen molar-refractivity contribution in [3.05, 3.63) is 52.9 Å². The van der Waals surface area contributed by atoms with Gasteiger partial charge >= 0.3 is 6.01 Å². The first-order valence-corrected chi connectivity index (χ1v) is 8.66. The number of benzene rings is 1. The fourth-order valence-electron chi connectivity index (χ4n) is 2.51. The normalized spacial score (nSPS) is 10.8. The SMILES string of the molecule is CCCOCn1nc(OCC)nc1-c1ccc(-c2ccc(=O)[nH]c2)cc1. The molecule has 3 rings (SSSR count). The van der Waals surface area contributed by atoms with Crippen molar-refractivity contribution < 1.29 is 9.47 Å². The molecule has 3 aromatic rings. The molecule has 0 bridgehead atoms. The number of nitrogens with zero attached hydrogens (tertiary/aromatic N) is 3. The quantitative estimate of drug-likeness (QED) is 0.629. The Hall–Kier alpha value is -2.93. The first-order valence-electron chi connectivity index (χ1n) is 8.66. The Kier molecular flexibility index (Phi) is 5.80. The summed E-state index contributed by atoms with van der Waals surface area (Å²) in [6.07, 6.45) is 2.64. The summed E-state index contributed by atoms with van der Waals surface area (Å²) in [5.74, 6) is 0.692. The van der Waals surface area contributed by atoms with Crippen LogP contribution >= 0.6 is 0 Å². The van der Waals surface area contributed by atoms with Crippen molar-refractivity contribution in [2.45, 2.75) is 27.0 Å². The van der Waals surface area contributed by atoms with E-state index in [2.05, 4.69) is 22.0 Å². The Morgan fingerprint density at radius 3 is 2.42 bits per heavy atom. The van der Waals surface area contributed by atoms with E-state index in [0.29, 0.717) is 31.8 Å². The average molecular weight is 354 g/mol. The van der Waals surface area contributed by atoms with E-state index in [1.54, 1.807) is 16.9 Å². The number of rotatable bonds is 8. The van der Waals surface area contributed by atoms with Gasteiger partial charge in [-0.15, -0.1) is 5.10 Å². The number of H-pyrrole nitrogens is 1. The first kappa shape index (κ1) is 17.9. The summed E-state index contributed by atoms with van der Waals surface area (Å²) in [7, 11) is 0. The van der Waals surface area contributed by atoms with Crippen LogP contribution in [0.2, 0.25) is 0 Å². The molecule has 0 aliphatic rings. The maximum atomic E-state index is 11.2. The lowest BCUT2D eigenvalue weighted by Gasteiger charge is -2.07. The van der Waals surface area contributed by atoms with E-state index in [1.807, 2.05) is 31.2 Å². The maximum absolute atomic E-state index is 11.2. The van der Waals surface area contributed by atoms with Gasteiger partial charge in [0.25, 0.3) is 0 Å². The van der Waals surface area contributed by atoms with Crippen LogP contribution in [0.25, 0.3) is 22.5 Å². The lowest BCUT2D eigenvalue weighted by Crippen LogP contribution is -2.07. The monoisotopic (exact) mass is 354 g/mol. The third kappa shape index (κ3) is 4.18. The third-order valence-electron chi connectivity index (χ3n) is 3.75. The standard InChI is InChI=1S/C19H22N4O3/c1-3-11-25-13-23-18(21-19(22-23)26-4-2)15-7-5-14(6-8-15)16-9-10-17(24)20-12-16/h5-10,12H,3-4,11,13H2,1-2H3,(H,20,24). The van der Waals surface area contributed by atoms with Crippen LogP contribution in [0.15, 0.2) is 47.4 Å². The second-order valence-corrected chi connectivity index (χ2v) is 5.71. The van der Waals surface area contributed by atoms with Crippen LogP contribution in [0.4, 0.5) is 0 Å². The molecule has 0 aliphatic carbocycles. The molecule has 0 aliphatic heterocycles. The van der Waals surface area contributed by atoms with E-state index in [0.717, 1.165) is 23.1 Å². The number of pyridine rings is 1. The molecule has 7 heteroatoms. The molecule has 7 nitrogen and oxygen atoms in total. The lowest BCUT2D eigenvalue weighted by atomic mass is 10.1. The third-order valence-corrected chi connectivity index (χ3v) is 3.75. The van der Waals surface area contributed by atoms with Crippen molar-refractivity contribution in [1.29, 1.82) is 0 Å². The van der Waals surface area contributed by atoms with Gasteiger partial charge in [0.1, 0.15) is 6.73 Å². The van der Waals surface area contributed by atoms with Gasteiger partial charge < -0.3 is 14.5 Å². The molecule has 2 heterocycles. The van der Waals surface area contributed by atoms with Crippen LogP contribution in [-0.4, -0.2) is 33.0 Å². The van der Waals surface area contributed by atoms with Crippen LogP contribution in [0.5, 0.6) is 6.01 Å². The summed E-state index contributed by atoms with van der Waals surface area (Å²) in [4.78, 5) is 18.3. The number of aromatic nitrogens is 4. The minimum atomic E-state index is -0.117. The molecule has 2 aromatic heterocycles. The highest BCUT2D eigenvalue weighted by atomic mass is 16.5. The average Bonchev–Trinajstić information content (AvgIpc) is 3.06. The number of nitrogens with one attached hydrogen (secondary N) is 1. The van der Waals surface area contributed by atoms with Crippen molar-refractivity contribution in [2.24, 2.45) is 0 Å². The van der Waals surface area contributed by atoms with Crippen LogP contribution in [0.3, 0.4) is 0 Å². The zero-order valence-electron chi connectivity index (χ0n) is 14.9. The summed E-state index contributed by atoms with van der Waals surface area (Å²) < 4.78 is 12.7. The van der Waals surface area contributed by atoms with E-state index in [9.17, 15) is 4.79 Å². The Morgan fingerprint density at radius 1 is 1.04 bits per heavy atom. The van der Waals surface area contributed by atoms with Crippen LogP contribution < -0.4 is 10.3 Å². The van der Waals surface area contributed by atoms with Gasteiger partial charge in [-0.3, -0.25) is 4.79 Å². The molecular formula is C19H22N4O3.